The standard InChI is InChI=1S/C16H22N2O4S/c1-2-22-12-6-5-7-13(19)10-11-16-17-14-8-3-4-9-15(14)23(20,21)18-16/h3-4,8-9H,2,5-7,10-12H2,1H3,(H,17,18). The number of carbonyl (C=O) groups is 1. The molecule has 1 N–H and O–H groups in total. The van der Waals surface area contributed by atoms with Crippen molar-refractivity contribution in [3.63, 3.8) is 0 Å². The molecule has 0 saturated carbocycles. The van der Waals surface area contributed by atoms with Crippen molar-refractivity contribution in [1.29, 1.82) is 0 Å². The number of carbonyl (C=O) groups excluding carboxylic acids is 1. The van der Waals surface area contributed by atoms with Crippen molar-refractivity contribution in [3.05, 3.63) is 24.3 Å². The van der Waals surface area contributed by atoms with Crippen molar-refractivity contribution < 1.29 is 17.9 Å². The van der Waals surface area contributed by atoms with E-state index in [0.717, 1.165) is 12.8 Å². The van der Waals surface area contributed by atoms with E-state index in [2.05, 4.69) is 9.71 Å². The van der Waals surface area contributed by atoms with Crippen LogP contribution >= 0.6 is 0 Å². The van der Waals surface area contributed by atoms with Gasteiger partial charge in [-0.15, -0.1) is 4.40 Å². The maximum absolute atomic E-state index is 12.1. The Kier molecular flexibility index (Phi) is 6.29. The summed E-state index contributed by atoms with van der Waals surface area (Å²) in [6, 6.07) is 6.62. The minimum atomic E-state index is -3.67. The monoisotopic (exact) mass is 338 g/mol. The molecule has 126 valence electrons. The number of hydrogen-bond donors (Lipinski definition) is 1. The highest BCUT2D eigenvalue weighted by atomic mass is 32.2. The molecule has 0 fully saturated rings. The van der Waals surface area contributed by atoms with Crippen LogP contribution in [-0.4, -0.2) is 33.3 Å². The van der Waals surface area contributed by atoms with E-state index in [-0.39, 0.29) is 17.1 Å². The average Bonchev–Trinajstić information content (AvgIpc) is 2.52. The first-order valence-electron chi connectivity index (χ1n) is 7.82. The molecule has 0 unspecified atom stereocenters. The van der Waals surface area contributed by atoms with Crippen molar-refractivity contribution in [1.82, 2.24) is 0 Å². The van der Waals surface area contributed by atoms with Crippen molar-refractivity contribution in [2.75, 3.05) is 18.5 Å². The Bertz CT molecular complexity index is 683. The van der Waals surface area contributed by atoms with Gasteiger partial charge in [-0.2, -0.15) is 8.42 Å². The minimum absolute atomic E-state index is 0.113. The van der Waals surface area contributed by atoms with E-state index in [0.29, 0.717) is 37.6 Å². The molecule has 0 saturated heterocycles. The lowest BCUT2D eigenvalue weighted by Crippen LogP contribution is -2.22. The van der Waals surface area contributed by atoms with Gasteiger partial charge in [-0.3, -0.25) is 4.79 Å². The Labute approximate surface area is 137 Å². The molecule has 1 aromatic carbocycles. The Morgan fingerprint density at radius 2 is 2.00 bits per heavy atom. The fourth-order valence-electron chi connectivity index (χ4n) is 2.33. The maximum Gasteiger partial charge on any atom is 0.286 e. The third-order valence-corrected chi connectivity index (χ3v) is 4.89. The fourth-order valence-corrected chi connectivity index (χ4v) is 3.50. The van der Waals surface area contributed by atoms with Gasteiger partial charge in [-0.25, -0.2) is 0 Å². The van der Waals surface area contributed by atoms with Gasteiger partial charge in [-0.1, -0.05) is 12.1 Å². The van der Waals surface area contributed by atoms with E-state index < -0.39 is 10.0 Å². The topological polar surface area (TPSA) is 84.8 Å². The molecule has 1 heterocycles. The molecule has 0 atom stereocenters. The van der Waals surface area contributed by atoms with E-state index in [1.165, 1.54) is 6.07 Å². The Morgan fingerprint density at radius 1 is 1.22 bits per heavy atom. The van der Waals surface area contributed by atoms with Crippen LogP contribution in [0, 0.1) is 0 Å². The number of ether oxygens (including phenoxy) is 1. The summed E-state index contributed by atoms with van der Waals surface area (Å²) in [5.41, 5.74) is 0.515. The quantitative estimate of drug-likeness (QED) is 0.700. The first-order chi connectivity index (χ1) is 11.0. The number of sulfonamides is 1. The molecule has 6 nitrogen and oxygen atoms in total. The van der Waals surface area contributed by atoms with E-state index in [1.807, 2.05) is 6.92 Å². The maximum atomic E-state index is 12.1. The normalized spacial score (nSPS) is 15.4. The zero-order chi connectivity index (χ0) is 16.7. The second-order valence-corrected chi connectivity index (χ2v) is 6.90. The van der Waals surface area contributed by atoms with Gasteiger partial charge in [0, 0.05) is 32.5 Å². The number of rotatable bonds is 9. The molecule has 0 radical (unpaired) electrons. The zero-order valence-corrected chi connectivity index (χ0v) is 14.1. The summed E-state index contributed by atoms with van der Waals surface area (Å²) in [5.74, 6) is 0.439. The molecule has 2 rings (SSSR count). The molecule has 0 aliphatic carbocycles. The molecule has 1 aliphatic rings. The summed E-state index contributed by atoms with van der Waals surface area (Å²) >= 11 is 0. The molecular weight excluding hydrogens is 316 g/mol. The molecule has 7 heteroatoms. The van der Waals surface area contributed by atoms with Crippen molar-refractivity contribution in [3.8, 4) is 0 Å². The van der Waals surface area contributed by atoms with Gasteiger partial charge >= 0.3 is 0 Å². The van der Waals surface area contributed by atoms with Crippen LogP contribution < -0.4 is 5.32 Å². The number of amidine groups is 1. The number of para-hydroxylation sites is 1. The second kappa shape index (κ2) is 8.21. The molecule has 1 aliphatic heterocycles. The average molecular weight is 338 g/mol. The number of unbranched alkanes of at least 4 members (excludes halogenated alkanes) is 1. The number of hydrogen-bond acceptors (Lipinski definition) is 5. The van der Waals surface area contributed by atoms with E-state index >= 15 is 0 Å². The lowest BCUT2D eigenvalue weighted by atomic mass is 10.1. The number of ketones is 1. The van der Waals surface area contributed by atoms with E-state index in [1.54, 1.807) is 18.2 Å². The van der Waals surface area contributed by atoms with Crippen LogP contribution in [0.15, 0.2) is 33.6 Å². The van der Waals surface area contributed by atoms with Gasteiger partial charge in [-0.05, 0) is 31.9 Å². The highest BCUT2D eigenvalue weighted by Crippen LogP contribution is 2.27. The summed E-state index contributed by atoms with van der Waals surface area (Å²) in [5, 5.41) is 2.99. The molecule has 0 spiro atoms. The Hall–Kier alpha value is -1.73. The van der Waals surface area contributed by atoms with Crippen molar-refractivity contribution in [2.24, 2.45) is 4.40 Å². The largest absolute Gasteiger partial charge is 0.382 e. The van der Waals surface area contributed by atoms with E-state index in [4.69, 9.17) is 4.74 Å². The highest BCUT2D eigenvalue weighted by Gasteiger charge is 2.24. The van der Waals surface area contributed by atoms with Crippen LogP contribution in [0.4, 0.5) is 5.69 Å². The number of Topliss-reactive ketones (excluding diaryl/α,β-unsaturated/α-hetero) is 1. The van der Waals surface area contributed by atoms with Gasteiger partial charge in [0.1, 0.15) is 16.5 Å². The fraction of sp³-hybridized carbons (Fsp3) is 0.500. The first kappa shape index (κ1) is 17.6. The second-order valence-electron chi connectivity index (χ2n) is 5.33. The number of nitrogens with zero attached hydrogens (tertiary/aromatic N) is 1. The molecule has 0 bridgehead atoms. The SMILES string of the molecule is CCOCCCCC(=O)CCC1=NS(=O)(=O)c2ccccc2N1. The third kappa shape index (κ3) is 5.14. The smallest absolute Gasteiger partial charge is 0.286 e. The Morgan fingerprint density at radius 3 is 2.78 bits per heavy atom. The van der Waals surface area contributed by atoms with Gasteiger partial charge in [0.15, 0.2) is 0 Å². The van der Waals surface area contributed by atoms with Gasteiger partial charge < -0.3 is 10.1 Å². The molecular formula is C16H22N2O4S. The van der Waals surface area contributed by atoms with Crippen molar-refractivity contribution >= 4 is 27.3 Å². The lowest BCUT2D eigenvalue weighted by Gasteiger charge is -2.17. The summed E-state index contributed by atoms with van der Waals surface area (Å²) in [6.07, 6.45) is 2.74. The van der Waals surface area contributed by atoms with Crippen LogP contribution in [0.3, 0.4) is 0 Å². The molecule has 0 aromatic heterocycles. The van der Waals surface area contributed by atoms with Crippen LogP contribution in [0.1, 0.15) is 39.0 Å². The predicted molar refractivity (Wildman–Crippen MR) is 89.3 cm³/mol. The zero-order valence-electron chi connectivity index (χ0n) is 13.2. The first-order valence-corrected chi connectivity index (χ1v) is 9.26. The van der Waals surface area contributed by atoms with Crippen molar-refractivity contribution in [2.45, 2.75) is 43.9 Å². The predicted octanol–water partition coefficient (Wildman–Crippen LogP) is 2.76. The van der Waals surface area contributed by atoms with Crippen LogP contribution in [-0.2, 0) is 19.6 Å². The summed E-state index contributed by atoms with van der Waals surface area (Å²) in [6.45, 7) is 3.30. The lowest BCUT2D eigenvalue weighted by molar-refractivity contribution is -0.119. The number of fused-ring (bicyclic) bond motifs is 1. The minimum Gasteiger partial charge on any atom is -0.382 e. The molecule has 1 aromatic rings. The van der Waals surface area contributed by atoms with Crippen LogP contribution in [0.25, 0.3) is 0 Å². The van der Waals surface area contributed by atoms with Gasteiger partial charge in [0.05, 0.1) is 5.69 Å². The highest BCUT2D eigenvalue weighted by molar-refractivity contribution is 7.90. The summed E-state index contributed by atoms with van der Waals surface area (Å²) < 4.78 is 33.1. The van der Waals surface area contributed by atoms with Crippen LogP contribution in [0.2, 0.25) is 0 Å². The summed E-state index contributed by atoms with van der Waals surface area (Å²) in [7, 11) is -3.67. The number of benzene rings is 1. The molecule has 0 amide bonds. The summed E-state index contributed by atoms with van der Waals surface area (Å²) in [4.78, 5) is 12.0. The number of anilines is 1. The van der Waals surface area contributed by atoms with E-state index in [9.17, 15) is 13.2 Å². The molecule has 23 heavy (non-hydrogen) atoms. The Balaban J connectivity index is 1.83. The number of nitrogens with one attached hydrogen (secondary N) is 1. The van der Waals surface area contributed by atoms with Gasteiger partial charge in [0.25, 0.3) is 10.0 Å². The van der Waals surface area contributed by atoms with Crippen LogP contribution in [0.5, 0.6) is 0 Å². The van der Waals surface area contributed by atoms with Gasteiger partial charge in [0.2, 0.25) is 0 Å². The third-order valence-electron chi connectivity index (χ3n) is 3.51.